The van der Waals surface area contributed by atoms with Crippen LogP contribution >= 0.6 is 0 Å². The second-order valence-electron chi connectivity index (χ2n) is 3.69. The zero-order valence-corrected chi connectivity index (χ0v) is 6.13. The summed E-state index contributed by atoms with van der Waals surface area (Å²) in [7, 11) is 0. The van der Waals surface area contributed by atoms with Crippen molar-refractivity contribution in [2.75, 3.05) is 0 Å². The van der Waals surface area contributed by atoms with Crippen molar-refractivity contribution in [2.24, 2.45) is 23.3 Å². The molecule has 64 valence electrons. The zero-order chi connectivity index (χ0) is 8.22. The summed E-state index contributed by atoms with van der Waals surface area (Å²) in [6, 6.07) is -0.436. The third-order valence-electron chi connectivity index (χ3n) is 2.97. The highest BCUT2D eigenvalue weighted by atomic mass is 19.3. The summed E-state index contributed by atoms with van der Waals surface area (Å²) in [5.74, 6) is -3.37. The van der Waals surface area contributed by atoms with E-state index in [1.54, 1.807) is 0 Å². The van der Waals surface area contributed by atoms with E-state index in [4.69, 9.17) is 11.5 Å². The third kappa shape index (κ3) is 0.891. The zero-order valence-electron chi connectivity index (χ0n) is 6.13. The van der Waals surface area contributed by atoms with Crippen LogP contribution in [0.1, 0.15) is 12.8 Å². The first-order valence-electron chi connectivity index (χ1n) is 3.92. The molecular formula is C7H12F2N2. The van der Waals surface area contributed by atoms with Crippen LogP contribution in [0.4, 0.5) is 8.78 Å². The number of alkyl halides is 2. The van der Waals surface area contributed by atoms with Crippen molar-refractivity contribution in [2.45, 2.75) is 30.8 Å². The minimum Gasteiger partial charge on any atom is -0.326 e. The minimum absolute atomic E-state index is 0.218. The molecule has 2 saturated carbocycles. The average molecular weight is 162 g/mol. The van der Waals surface area contributed by atoms with Crippen LogP contribution < -0.4 is 11.5 Å². The smallest absolute Gasteiger partial charge is 0.254 e. The number of nitrogens with two attached hydrogens (primary N) is 2. The van der Waals surface area contributed by atoms with Crippen molar-refractivity contribution >= 4 is 0 Å². The Kier molecular flexibility index (Phi) is 1.30. The van der Waals surface area contributed by atoms with Gasteiger partial charge in [0.2, 0.25) is 0 Å². The predicted octanol–water partition coefficient (Wildman–Crippen LogP) is 0.316. The Hall–Kier alpha value is -0.220. The molecule has 0 spiro atoms. The number of rotatable bonds is 0. The standard InChI is InChI=1S/C7H12F2N2/c8-7(9)3-1-5(10)6(11)2-4(3)7/h3-6H,1-2,10-11H2/t3?,4?,5-,6-/m1/s1. The van der Waals surface area contributed by atoms with Crippen LogP contribution in [0.15, 0.2) is 0 Å². The number of hydrogen-bond acceptors (Lipinski definition) is 2. The van der Waals surface area contributed by atoms with Crippen molar-refractivity contribution < 1.29 is 8.78 Å². The largest absolute Gasteiger partial charge is 0.326 e. The highest BCUT2D eigenvalue weighted by Gasteiger charge is 2.69. The molecule has 0 aromatic rings. The fourth-order valence-electron chi connectivity index (χ4n) is 2.04. The molecule has 11 heavy (non-hydrogen) atoms. The summed E-state index contributed by atoms with van der Waals surface area (Å²) in [4.78, 5) is 0. The highest BCUT2D eigenvalue weighted by Crippen LogP contribution is 2.61. The molecule has 0 heterocycles. The SMILES string of the molecule is N[C@@H]1CC2C(C[C@H]1N)C2(F)F. The molecular weight excluding hydrogens is 150 g/mol. The van der Waals surface area contributed by atoms with E-state index in [2.05, 4.69) is 0 Å². The predicted molar refractivity (Wildman–Crippen MR) is 37.1 cm³/mol. The first kappa shape index (κ1) is 7.43. The van der Waals surface area contributed by atoms with Gasteiger partial charge in [-0.25, -0.2) is 8.78 Å². The molecule has 0 amide bonds. The lowest BCUT2D eigenvalue weighted by molar-refractivity contribution is 0.0846. The van der Waals surface area contributed by atoms with E-state index >= 15 is 0 Å². The Bertz CT molecular complexity index is 165. The van der Waals surface area contributed by atoms with E-state index in [0.29, 0.717) is 12.8 Å². The fraction of sp³-hybridized carbons (Fsp3) is 1.00. The van der Waals surface area contributed by atoms with Gasteiger partial charge in [0.25, 0.3) is 5.92 Å². The van der Waals surface area contributed by atoms with Crippen molar-refractivity contribution in [3.63, 3.8) is 0 Å². The van der Waals surface area contributed by atoms with Gasteiger partial charge < -0.3 is 11.5 Å². The van der Waals surface area contributed by atoms with Gasteiger partial charge in [-0.1, -0.05) is 0 Å². The van der Waals surface area contributed by atoms with Crippen molar-refractivity contribution in [3.8, 4) is 0 Å². The molecule has 2 unspecified atom stereocenters. The molecule has 2 aliphatic carbocycles. The molecule has 0 aliphatic heterocycles. The molecule has 0 radical (unpaired) electrons. The first-order valence-corrected chi connectivity index (χ1v) is 3.92. The third-order valence-corrected chi connectivity index (χ3v) is 2.97. The topological polar surface area (TPSA) is 52.0 Å². The summed E-state index contributed by atoms with van der Waals surface area (Å²) in [6.07, 6.45) is 0.803. The van der Waals surface area contributed by atoms with Crippen LogP contribution in [0.5, 0.6) is 0 Å². The Morgan fingerprint density at radius 1 is 1.00 bits per heavy atom. The van der Waals surface area contributed by atoms with E-state index in [9.17, 15) is 8.78 Å². The molecule has 2 aliphatic rings. The number of halogens is 2. The lowest BCUT2D eigenvalue weighted by Gasteiger charge is -2.22. The van der Waals surface area contributed by atoms with E-state index in [-0.39, 0.29) is 12.1 Å². The normalized spacial score (nSPS) is 53.5. The lowest BCUT2D eigenvalue weighted by Crippen LogP contribution is -2.44. The van der Waals surface area contributed by atoms with Gasteiger partial charge >= 0.3 is 0 Å². The van der Waals surface area contributed by atoms with Gasteiger partial charge in [-0.3, -0.25) is 0 Å². The molecule has 0 aromatic carbocycles. The summed E-state index contributed by atoms with van der Waals surface area (Å²) in [6.45, 7) is 0. The molecule has 4 heteroatoms. The monoisotopic (exact) mass is 162 g/mol. The van der Waals surface area contributed by atoms with Gasteiger partial charge in [0.15, 0.2) is 0 Å². The quantitative estimate of drug-likeness (QED) is 0.538. The Labute approximate surface area is 63.9 Å². The highest BCUT2D eigenvalue weighted by molar-refractivity contribution is 5.11. The Morgan fingerprint density at radius 2 is 1.36 bits per heavy atom. The number of fused-ring (bicyclic) bond motifs is 1. The second-order valence-corrected chi connectivity index (χ2v) is 3.69. The summed E-state index contributed by atoms with van der Waals surface area (Å²) in [5.41, 5.74) is 11.1. The van der Waals surface area contributed by atoms with Crippen molar-refractivity contribution in [1.82, 2.24) is 0 Å². The van der Waals surface area contributed by atoms with E-state index in [0.717, 1.165) is 0 Å². The van der Waals surface area contributed by atoms with Crippen molar-refractivity contribution in [1.29, 1.82) is 0 Å². The van der Waals surface area contributed by atoms with Gasteiger partial charge in [-0.2, -0.15) is 0 Å². The van der Waals surface area contributed by atoms with E-state index in [1.165, 1.54) is 0 Å². The molecule has 0 saturated heterocycles. The van der Waals surface area contributed by atoms with Gasteiger partial charge in [-0.05, 0) is 12.8 Å². The van der Waals surface area contributed by atoms with Gasteiger partial charge in [0, 0.05) is 23.9 Å². The molecule has 2 rings (SSSR count). The lowest BCUT2D eigenvalue weighted by atomic mass is 9.92. The van der Waals surface area contributed by atoms with Gasteiger partial charge in [0.1, 0.15) is 0 Å². The summed E-state index contributed by atoms with van der Waals surface area (Å²) >= 11 is 0. The van der Waals surface area contributed by atoms with E-state index < -0.39 is 17.8 Å². The van der Waals surface area contributed by atoms with Crippen molar-refractivity contribution in [3.05, 3.63) is 0 Å². The summed E-state index contributed by atoms with van der Waals surface area (Å²) in [5, 5.41) is 0. The average Bonchev–Trinajstić information content (AvgIpc) is 2.39. The van der Waals surface area contributed by atoms with Crippen LogP contribution in [0.2, 0.25) is 0 Å². The minimum atomic E-state index is -2.45. The fourth-order valence-corrected chi connectivity index (χ4v) is 2.04. The molecule has 0 aromatic heterocycles. The first-order chi connectivity index (χ1) is 5.03. The van der Waals surface area contributed by atoms with Crippen LogP contribution in [-0.4, -0.2) is 18.0 Å². The summed E-state index contributed by atoms with van der Waals surface area (Å²) < 4.78 is 25.5. The Balaban J connectivity index is 2.07. The molecule has 0 bridgehead atoms. The van der Waals surface area contributed by atoms with Crippen LogP contribution in [0.25, 0.3) is 0 Å². The maximum atomic E-state index is 12.7. The van der Waals surface area contributed by atoms with Gasteiger partial charge in [-0.15, -0.1) is 0 Å². The maximum absolute atomic E-state index is 12.7. The number of hydrogen-bond donors (Lipinski definition) is 2. The van der Waals surface area contributed by atoms with Crippen LogP contribution in [-0.2, 0) is 0 Å². The van der Waals surface area contributed by atoms with Crippen LogP contribution in [0.3, 0.4) is 0 Å². The second kappa shape index (κ2) is 1.93. The molecule has 4 N–H and O–H groups in total. The molecule has 2 nitrogen and oxygen atoms in total. The van der Waals surface area contributed by atoms with E-state index in [1.807, 2.05) is 0 Å². The van der Waals surface area contributed by atoms with Gasteiger partial charge in [0.05, 0.1) is 0 Å². The molecule has 4 atom stereocenters. The maximum Gasteiger partial charge on any atom is 0.254 e. The van der Waals surface area contributed by atoms with Crippen LogP contribution in [0, 0.1) is 11.8 Å². The Morgan fingerprint density at radius 3 is 1.73 bits per heavy atom. The molecule has 2 fully saturated rings.